The molecule has 2 rings (SSSR count). The molecule has 142 valence electrons. The molecule has 1 aromatic heterocycles. The van der Waals surface area contributed by atoms with Gasteiger partial charge >= 0.3 is 0 Å². The normalized spacial score (nSPS) is 17.2. The van der Waals surface area contributed by atoms with Crippen LogP contribution in [0.3, 0.4) is 0 Å². The van der Waals surface area contributed by atoms with Crippen LogP contribution < -0.4 is 10.6 Å². The Morgan fingerprint density at radius 2 is 2.12 bits per heavy atom. The zero-order valence-corrected chi connectivity index (χ0v) is 16.2. The molecule has 0 radical (unpaired) electrons. The van der Waals surface area contributed by atoms with E-state index in [4.69, 9.17) is 9.26 Å². The van der Waals surface area contributed by atoms with Gasteiger partial charge in [0.2, 0.25) is 0 Å². The Morgan fingerprint density at radius 1 is 1.36 bits per heavy atom. The molecule has 1 fully saturated rings. The van der Waals surface area contributed by atoms with E-state index in [2.05, 4.69) is 41.6 Å². The van der Waals surface area contributed by atoms with E-state index in [0.717, 1.165) is 43.6 Å². The van der Waals surface area contributed by atoms with Crippen molar-refractivity contribution in [2.24, 2.45) is 10.4 Å². The third-order valence-electron chi connectivity index (χ3n) is 5.10. The average molecular weight is 351 g/mol. The Morgan fingerprint density at radius 3 is 2.72 bits per heavy atom. The first-order chi connectivity index (χ1) is 12.1. The zero-order chi connectivity index (χ0) is 18.1. The molecule has 0 unspecified atom stereocenters. The van der Waals surface area contributed by atoms with Crippen LogP contribution in [0.1, 0.15) is 70.2 Å². The van der Waals surface area contributed by atoms with E-state index in [1.54, 1.807) is 7.05 Å². The summed E-state index contributed by atoms with van der Waals surface area (Å²) in [4.78, 5) is 4.33. The number of guanidine groups is 1. The lowest BCUT2D eigenvalue weighted by atomic mass is 9.83. The van der Waals surface area contributed by atoms with Gasteiger partial charge in [-0.05, 0) is 37.5 Å². The highest BCUT2D eigenvalue weighted by Crippen LogP contribution is 2.40. The minimum atomic E-state index is 0.337. The van der Waals surface area contributed by atoms with E-state index in [1.165, 1.54) is 25.7 Å². The summed E-state index contributed by atoms with van der Waals surface area (Å²) in [5.41, 5.74) is 1.32. The van der Waals surface area contributed by atoms with Crippen LogP contribution in [0.15, 0.2) is 15.6 Å². The van der Waals surface area contributed by atoms with Gasteiger partial charge < -0.3 is 19.9 Å². The summed E-state index contributed by atoms with van der Waals surface area (Å²) in [5.74, 6) is 2.02. The van der Waals surface area contributed by atoms with Crippen LogP contribution in [0.25, 0.3) is 0 Å². The molecule has 0 atom stereocenters. The summed E-state index contributed by atoms with van der Waals surface area (Å²) in [6, 6.07) is 2.01. The van der Waals surface area contributed by atoms with Crippen LogP contribution in [0.5, 0.6) is 0 Å². The fraction of sp³-hybridized carbons (Fsp3) is 0.789. The summed E-state index contributed by atoms with van der Waals surface area (Å²) in [6.07, 6.45) is 6.28. The van der Waals surface area contributed by atoms with Crippen molar-refractivity contribution in [1.29, 1.82) is 0 Å². The van der Waals surface area contributed by atoms with Crippen molar-refractivity contribution in [2.75, 3.05) is 26.8 Å². The summed E-state index contributed by atoms with van der Waals surface area (Å²) >= 11 is 0. The number of rotatable bonds is 9. The van der Waals surface area contributed by atoms with Crippen LogP contribution in [0.2, 0.25) is 0 Å². The molecule has 2 N–H and O–H groups in total. The van der Waals surface area contributed by atoms with Gasteiger partial charge in [0, 0.05) is 32.9 Å². The molecule has 1 aliphatic carbocycles. The lowest BCUT2D eigenvalue weighted by Crippen LogP contribution is -2.43. The number of nitrogens with one attached hydrogen (secondary N) is 2. The highest BCUT2D eigenvalue weighted by atomic mass is 16.5. The second-order valence-electron chi connectivity index (χ2n) is 7.31. The second-order valence-corrected chi connectivity index (χ2v) is 7.31. The highest BCUT2D eigenvalue weighted by molar-refractivity contribution is 5.79. The number of aliphatic imine (C=N–C) groups is 1. The first-order valence-corrected chi connectivity index (χ1v) is 9.56. The predicted octanol–water partition coefficient (Wildman–Crippen LogP) is 3.45. The molecule has 1 saturated carbocycles. The van der Waals surface area contributed by atoms with Gasteiger partial charge in [0.05, 0.1) is 12.2 Å². The molecule has 6 nitrogen and oxygen atoms in total. The van der Waals surface area contributed by atoms with Gasteiger partial charge in [-0.15, -0.1) is 0 Å². The smallest absolute Gasteiger partial charge is 0.191 e. The molecule has 0 amide bonds. The lowest BCUT2D eigenvalue weighted by molar-refractivity contribution is 0.105. The maximum absolute atomic E-state index is 5.59. The van der Waals surface area contributed by atoms with Crippen LogP contribution in [0, 0.1) is 5.41 Å². The van der Waals surface area contributed by atoms with Gasteiger partial charge in [-0.2, -0.15) is 0 Å². The van der Waals surface area contributed by atoms with Gasteiger partial charge in [-0.25, -0.2) is 0 Å². The molecule has 0 bridgehead atoms. The van der Waals surface area contributed by atoms with E-state index >= 15 is 0 Å². The molecule has 6 heteroatoms. The van der Waals surface area contributed by atoms with Crippen molar-refractivity contribution in [3.05, 3.63) is 17.5 Å². The fourth-order valence-electron chi connectivity index (χ4n) is 3.42. The quantitative estimate of drug-likeness (QED) is 0.405. The molecule has 0 spiro atoms. The molecular weight excluding hydrogens is 316 g/mol. The van der Waals surface area contributed by atoms with Gasteiger partial charge in [-0.3, -0.25) is 4.99 Å². The zero-order valence-electron chi connectivity index (χ0n) is 16.2. The number of aromatic nitrogens is 1. The monoisotopic (exact) mass is 350 g/mol. The van der Waals surface area contributed by atoms with Crippen molar-refractivity contribution in [2.45, 2.75) is 65.3 Å². The summed E-state index contributed by atoms with van der Waals surface area (Å²) in [7, 11) is 1.80. The van der Waals surface area contributed by atoms with Crippen LogP contribution in [-0.4, -0.2) is 37.9 Å². The Kier molecular flexibility index (Phi) is 7.75. The Labute approximate surface area is 151 Å². The maximum Gasteiger partial charge on any atom is 0.191 e. The van der Waals surface area contributed by atoms with Gasteiger partial charge in [0.25, 0.3) is 0 Å². The number of nitrogens with zero attached hydrogens (tertiary/aromatic N) is 2. The minimum absolute atomic E-state index is 0.337. The SMILES string of the molecule is CCOCCC1(CNC(=NC)NCc2cc(C(C)C)no2)CCCC1. The van der Waals surface area contributed by atoms with E-state index in [-0.39, 0.29) is 0 Å². The third kappa shape index (κ3) is 6.03. The van der Waals surface area contributed by atoms with E-state index < -0.39 is 0 Å². The Hall–Kier alpha value is -1.56. The van der Waals surface area contributed by atoms with Crippen LogP contribution >= 0.6 is 0 Å². The topological polar surface area (TPSA) is 71.7 Å². The van der Waals surface area contributed by atoms with Crippen molar-refractivity contribution >= 4 is 5.96 Å². The molecule has 1 aromatic rings. The fourth-order valence-corrected chi connectivity index (χ4v) is 3.42. The Bertz CT molecular complexity index is 533. The lowest BCUT2D eigenvalue weighted by Gasteiger charge is -2.30. The molecule has 0 aromatic carbocycles. The first-order valence-electron chi connectivity index (χ1n) is 9.56. The van der Waals surface area contributed by atoms with E-state index in [9.17, 15) is 0 Å². The minimum Gasteiger partial charge on any atom is -0.382 e. The molecule has 1 heterocycles. The van der Waals surface area contributed by atoms with E-state index in [1.807, 2.05) is 6.07 Å². The van der Waals surface area contributed by atoms with Gasteiger partial charge in [-0.1, -0.05) is 31.8 Å². The van der Waals surface area contributed by atoms with Crippen molar-refractivity contribution < 1.29 is 9.26 Å². The molecular formula is C19H34N4O2. The molecule has 0 saturated heterocycles. The number of hydrogen-bond donors (Lipinski definition) is 2. The number of ether oxygens (including phenoxy) is 1. The maximum atomic E-state index is 5.59. The number of hydrogen-bond acceptors (Lipinski definition) is 4. The first kappa shape index (κ1) is 19.8. The summed E-state index contributed by atoms with van der Waals surface area (Å²) < 4.78 is 11.0. The average Bonchev–Trinajstić information content (AvgIpc) is 3.25. The van der Waals surface area contributed by atoms with Crippen molar-refractivity contribution in [1.82, 2.24) is 15.8 Å². The van der Waals surface area contributed by atoms with Crippen molar-refractivity contribution in [3.63, 3.8) is 0 Å². The van der Waals surface area contributed by atoms with Crippen LogP contribution in [-0.2, 0) is 11.3 Å². The van der Waals surface area contributed by atoms with Crippen molar-refractivity contribution in [3.8, 4) is 0 Å². The standard InChI is InChI=1S/C19H34N4O2/c1-5-24-11-10-19(8-6-7-9-19)14-22-18(20-4)21-13-16-12-17(15(2)3)23-25-16/h12,15H,5-11,13-14H2,1-4H3,(H2,20,21,22). The largest absolute Gasteiger partial charge is 0.382 e. The van der Waals surface area contributed by atoms with E-state index in [0.29, 0.717) is 17.9 Å². The van der Waals surface area contributed by atoms with Gasteiger partial charge in [0.15, 0.2) is 11.7 Å². The predicted molar refractivity (Wildman–Crippen MR) is 101 cm³/mol. The highest BCUT2D eigenvalue weighted by Gasteiger charge is 2.33. The summed E-state index contributed by atoms with van der Waals surface area (Å²) in [6.45, 7) is 9.44. The molecule has 1 aliphatic rings. The molecule has 25 heavy (non-hydrogen) atoms. The summed E-state index contributed by atoms with van der Waals surface area (Å²) in [5, 5.41) is 10.9. The third-order valence-corrected chi connectivity index (χ3v) is 5.10. The Balaban J connectivity index is 1.81. The second kappa shape index (κ2) is 9.80. The van der Waals surface area contributed by atoms with Crippen LogP contribution in [0.4, 0.5) is 0 Å². The molecule has 0 aliphatic heterocycles. The van der Waals surface area contributed by atoms with Gasteiger partial charge in [0.1, 0.15) is 0 Å².